The van der Waals surface area contributed by atoms with Crippen LogP contribution in [0.4, 0.5) is 5.69 Å². The molecule has 0 spiro atoms. The fourth-order valence-electron chi connectivity index (χ4n) is 2.28. The van der Waals surface area contributed by atoms with Crippen LogP contribution in [-0.2, 0) is 23.0 Å². The zero-order chi connectivity index (χ0) is 13.5. The Bertz CT molecular complexity index is 695. The highest BCUT2D eigenvalue weighted by molar-refractivity contribution is 7.89. The zero-order valence-electron chi connectivity index (χ0n) is 10.1. The summed E-state index contributed by atoms with van der Waals surface area (Å²) < 4.78 is 27.6. The highest BCUT2D eigenvalue weighted by Crippen LogP contribution is 2.31. The molecule has 0 aliphatic carbocycles. The number of hydrogen-bond acceptors (Lipinski definition) is 5. The topological polar surface area (TPSA) is 89.4 Å². The number of rotatable bonds is 3. The second-order valence-electron chi connectivity index (χ2n) is 4.50. The molecule has 0 saturated heterocycles. The molecule has 2 aromatic rings. The number of hydrogen-bond donors (Lipinski definition) is 1. The van der Waals surface area contributed by atoms with Crippen LogP contribution in [0.1, 0.15) is 11.3 Å². The molecule has 0 radical (unpaired) electrons. The summed E-state index contributed by atoms with van der Waals surface area (Å²) in [5.41, 5.74) is 2.83. The van der Waals surface area contributed by atoms with Crippen molar-refractivity contribution in [2.24, 2.45) is 5.14 Å². The van der Waals surface area contributed by atoms with E-state index in [-0.39, 0.29) is 4.90 Å². The van der Waals surface area contributed by atoms with Crippen molar-refractivity contribution in [3.63, 3.8) is 0 Å². The third-order valence-electron chi connectivity index (χ3n) is 3.22. The molecule has 1 aliphatic rings. The summed E-state index contributed by atoms with van der Waals surface area (Å²) in [4.78, 5) is 2.21. The Balaban J connectivity index is 1.94. The van der Waals surface area contributed by atoms with E-state index in [1.54, 1.807) is 18.2 Å². The number of nitrogens with two attached hydrogens (primary N) is 1. The molecule has 1 aromatic carbocycles. The van der Waals surface area contributed by atoms with Crippen LogP contribution >= 0.6 is 0 Å². The van der Waals surface area contributed by atoms with E-state index < -0.39 is 10.0 Å². The summed E-state index contributed by atoms with van der Waals surface area (Å²) in [6, 6.07) is 6.78. The van der Waals surface area contributed by atoms with E-state index in [0.29, 0.717) is 6.54 Å². The fraction of sp³-hybridized carbons (Fsp3) is 0.250. The van der Waals surface area contributed by atoms with Gasteiger partial charge in [-0.2, -0.15) is 0 Å². The van der Waals surface area contributed by atoms with Gasteiger partial charge in [-0.15, -0.1) is 0 Å². The van der Waals surface area contributed by atoms with Crippen LogP contribution in [0.5, 0.6) is 0 Å². The molecule has 2 N–H and O–H groups in total. The summed E-state index contributed by atoms with van der Waals surface area (Å²) in [6.45, 7) is 1.42. The normalized spacial score (nSPS) is 14.7. The Hall–Kier alpha value is -1.86. The molecule has 3 rings (SSSR count). The van der Waals surface area contributed by atoms with E-state index in [2.05, 4.69) is 10.1 Å². The Kier molecular flexibility index (Phi) is 2.79. The van der Waals surface area contributed by atoms with Crippen LogP contribution < -0.4 is 10.0 Å². The molecule has 19 heavy (non-hydrogen) atoms. The number of anilines is 1. The molecule has 0 unspecified atom stereocenters. The maximum Gasteiger partial charge on any atom is 0.238 e. The highest BCUT2D eigenvalue weighted by atomic mass is 32.2. The van der Waals surface area contributed by atoms with E-state index in [0.717, 1.165) is 29.9 Å². The molecule has 1 aromatic heterocycles. The molecule has 6 nitrogen and oxygen atoms in total. The second-order valence-corrected chi connectivity index (χ2v) is 6.06. The Labute approximate surface area is 110 Å². The summed E-state index contributed by atoms with van der Waals surface area (Å²) in [6.07, 6.45) is 2.41. The van der Waals surface area contributed by atoms with Crippen molar-refractivity contribution in [3.05, 3.63) is 41.8 Å². The molecule has 0 atom stereocenters. The van der Waals surface area contributed by atoms with Crippen molar-refractivity contribution >= 4 is 15.7 Å². The quantitative estimate of drug-likeness (QED) is 0.901. The van der Waals surface area contributed by atoms with Crippen LogP contribution in [0, 0.1) is 0 Å². The predicted octanol–water partition coefficient (Wildman–Crippen LogP) is 0.885. The lowest BCUT2D eigenvalue weighted by Gasteiger charge is -2.18. The van der Waals surface area contributed by atoms with Gasteiger partial charge in [0, 0.05) is 18.3 Å². The maximum atomic E-state index is 11.4. The minimum Gasteiger partial charge on any atom is -0.365 e. The van der Waals surface area contributed by atoms with Gasteiger partial charge >= 0.3 is 0 Å². The van der Waals surface area contributed by atoms with E-state index >= 15 is 0 Å². The number of benzene rings is 1. The molecule has 0 fully saturated rings. The van der Waals surface area contributed by atoms with Crippen molar-refractivity contribution in [1.82, 2.24) is 5.16 Å². The lowest BCUT2D eigenvalue weighted by Crippen LogP contribution is -2.20. The lowest BCUT2D eigenvalue weighted by atomic mass is 10.2. The van der Waals surface area contributed by atoms with Crippen molar-refractivity contribution in [1.29, 1.82) is 0 Å². The molecule has 7 heteroatoms. The van der Waals surface area contributed by atoms with Gasteiger partial charge < -0.3 is 9.42 Å². The number of aromatic nitrogens is 1. The molecule has 1 aliphatic heterocycles. The number of fused-ring (bicyclic) bond motifs is 1. The molecule has 0 bridgehead atoms. The first-order valence-electron chi connectivity index (χ1n) is 5.84. The minimum atomic E-state index is -3.67. The van der Waals surface area contributed by atoms with E-state index in [1.807, 2.05) is 6.07 Å². The van der Waals surface area contributed by atoms with Gasteiger partial charge in [-0.1, -0.05) is 11.2 Å². The van der Waals surface area contributed by atoms with Gasteiger partial charge in [-0.05, 0) is 24.1 Å². The Morgan fingerprint density at radius 2 is 2.21 bits per heavy atom. The van der Waals surface area contributed by atoms with Crippen LogP contribution in [-0.4, -0.2) is 20.1 Å². The van der Waals surface area contributed by atoms with E-state index in [9.17, 15) is 8.42 Å². The second kappa shape index (κ2) is 4.36. The summed E-state index contributed by atoms with van der Waals surface area (Å²) in [5.74, 6) is 0. The largest absolute Gasteiger partial charge is 0.365 e. The van der Waals surface area contributed by atoms with Gasteiger partial charge in [0.15, 0.2) is 0 Å². The minimum absolute atomic E-state index is 0.137. The van der Waals surface area contributed by atoms with Crippen molar-refractivity contribution in [3.8, 4) is 0 Å². The van der Waals surface area contributed by atoms with Crippen LogP contribution in [0.3, 0.4) is 0 Å². The Morgan fingerprint density at radius 1 is 1.37 bits per heavy atom. The predicted molar refractivity (Wildman–Crippen MR) is 69.1 cm³/mol. The lowest BCUT2D eigenvalue weighted by molar-refractivity contribution is 0.411. The van der Waals surface area contributed by atoms with Crippen LogP contribution in [0.2, 0.25) is 0 Å². The van der Waals surface area contributed by atoms with Crippen molar-refractivity contribution in [2.45, 2.75) is 17.9 Å². The molecule has 0 amide bonds. The molecule has 100 valence electrons. The van der Waals surface area contributed by atoms with E-state index in [1.165, 1.54) is 6.26 Å². The third-order valence-corrected chi connectivity index (χ3v) is 4.13. The van der Waals surface area contributed by atoms with Gasteiger partial charge in [-0.25, -0.2) is 13.6 Å². The first-order chi connectivity index (χ1) is 9.04. The molecule has 0 saturated carbocycles. The summed E-state index contributed by atoms with van der Waals surface area (Å²) in [5, 5.41) is 9.02. The maximum absolute atomic E-state index is 11.4. The average Bonchev–Trinajstić information content (AvgIpc) is 2.98. The smallest absolute Gasteiger partial charge is 0.238 e. The summed E-state index contributed by atoms with van der Waals surface area (Å²) >= 11 is 0. The number of primary sulfonamides is 1. The van der Waals surface area contributed by atoms with Crippen LogP contribution in [0.25, 0.3) is 0 Å². The van der Waals surface area contributed by atoms with Crippen molar-refractivity contribution < 1.29 is 12.9 Å². The van der Waals surface area contributed by atoms with Gasteiger partial charge in [0.25, 0.3) is 0 Å². The molecular formula is C12H13N3O3S. The Morgan fingerprint density at radius 3 is 2.89 bits per heavy atom. The van der Waals surface area contributed by atoms with Gasteiger partial charge in [-0.3, -0.25) is 0 Å². The molecular weight excluding hydrogens is 266 g/mol. The van der Waals surface area contributed by atoms with Gasteiger partial charge in [0.1, 0.15) is 12.0 Å². The van der Waals surface area contributed by atoms with Crippen LogP contribution in [0.15, 0.2) is 39.9 Å². The molecule has 2 heterocycles. The van der Waals surface area contributed by atoms with Gasteiger partial charge in [0.05, 0.1) is 11.4 Å². The zero-order valence-corrected chi connectivity index (χ0v) is 10.9. The summed E-state index contributed by atoms with van der Waals surface area (Å²) in [7, 11) is -3.67. The standard InChI is InChI=1S/C12H13N3O3S/c13-19(16,17)11-2-1-9-3-5-15(12(9)7-11)8-10-4-6-18-14-10/h1-2,4,6-7H,3,5,8H2,(H2,13,16,17). The van der Waals surface area contributed by atoms with Crippen molar-refractivity contribution in [2.75, 3.05) is 11.4 Å². The number of nitrogens with zero attached hydrogens (tertiary/aromatic N) is 2. The monoisotopic (exact) mass is 279 g/mol. The number of sulfonamides is 1. The average molecular weight is 279 g/mol. The van der Waals surface area contributed by atoms with Gasteiger partial charge in [0.2, 0.25) is 10.0 Å². The SMILES string of the molecule is NS(=O)(=O)c1ccc2c(c1)N(Cc1ccon1)CC2. The van der Waals surface area contributed by atoms with E-state index in [4.69, 9.17) is 9.66 Å². The highest BCUT2D eigenvalue weighted by Gasteiger charge is 2.22. The fourth-order valence-corrected chi connectivity index (χ4v) is 2.81. The first-order valence-corrected chi connectivity index (χ1v) is 7.38. The first kappa shape index (κ1) is 12.2. The third kappa shape index (κ3) is 2.34.